The molecule has 0 aliphatic rings. The summed E-state index contributed by atoms with van der Waals surface area (Å²) in [5.74, 6) is -0.798. The molecule has 3 rings (SSSR count). The van der Waals surface area contributed by atoms with Gasteiger partial charge in [-0.25, -0.2) is 0 Å². The van der Waals surface area contributed by atoms with Gasteiger partial charge in [-0.05, 0) is 29.7 Å². The minimum absolute atomic E-state index is 0.0677. The number of carboxylic acids is 1. The molecule has 0 saturated heterocycles. The molecule has 22 heavy (non-hydrogen) atoms. The third-order valence-corrected chi connectivity index (χ3v) is 3.86. The van der Waals surface area contributed by atoms with E-state index < -0.39 is 5.97 Å². The fourth-order valence-electron chi connectivity index (χ4n) is 2.88. The molecule has 0 saturated carbocycles. The molecule has 1 heterocycles. The van der Waals surface area contributed by atoms with Crippen LogP contribution in [0.4, 0.5) is 0 Å². The molecule has 1 N–H and O–H groups in total. The molecule has 3 heteroatoms. The Morgan fingerprint density at radius 1 is 1.09 bits per heavy atom. The fraction of sp³-hybridized carbons (Fsp3) is 0.211. The van der Waals surface area contributed by atoms with Crippen molar-refractivity contribution in [3.63, 3.8) is 0 Å². The smallest absolute Gasteiger partial charge is 0.307 e. The van der Waals surface area contributed by atoms with Crippen molar-refractivity contribution >= 4 is 16.9 Å². The number of carboxylic acid groups (broad SMARTS) is 1. The average molecular weight is 293 g/mol. The maximum Gasteiger partial charge on any atom is 0.307 e. The van der Waals surface area contributed by atoms with Crippen LogP contribution in [0.5, 0.6) is 0 Å². The van der Waals surface area contributed by atoms with Crippen molar-refractivity contribution in [3.05, 3.63) is 60.2 Å². The van der Waals surface area contributed by atoms with Crippen molar-refractivity contribution in [1.29, 1.82) is 0 Å². The number of hydrogen-bond donors (Lipinski definition) is 1. The van der Waals surface area contributed by atoms with Gasteiger partial charge in [0.1, 0.15) is 0 Å². The quantitative estimate of drug-likeness (QED) is 0.760. The summed E-state index contributed by atoms with van der Waals surface area (Å²) in [5, 5.41) is 10.1. The predicted octanol–water partition coefficient (Wildman–Crippen LogP) is 4.35. The molecule has 0 radical (unpaired) electrons. The van der Waals surface area contributed by atoms with Gasteiger partial charge in [0, 0.05) is 23.1 Å². The van der Waals surface area contributed by atoms with E-state index in [-0.39, 0.29) is 6.42 Å². The first-order valence-corrected chi connectivity index (χ1v) is 7.58. The van der Waals surface area contributed by atoms with Gasteiger partial charge in [0.25, 0.3) is 0 Å². The molecular formula is C19H19NO2. The summed E-state index contributed by atoms with van der Waals surface area (Å²) in [4.78, 5) is 10.8. The Bertz CT molecular complexity index is 800. The highest BCUT2D eigenvalue weighted by Crippen LogP contribution is 2.28. The van der Waals surface area contributed by atoms with Crippen LogP contribution in [0.3, 0.4) is 0 Å². The van der Waals surface area contributed by atoms with Crippen molar-refractivity contribution in [2.75, 3.05) is 0 Å². The summed E-state index contributed by atoms with van der Waals surface area (Å²) in [6.07, 6.45) is 1.14. The first-order chi connectivity index (χ1) is 10.7. The summed E-state index contributed by atoms with van der Waals surface area (Å²) in [5.41, 5.74) is 4.38. The zero-order valence-electron chi connectivity index (χ0n) is 12.6. The molecule has 3 aromatic rings. The summed E-state index contributed by atoms with van der Waals surface area (Å²) in [7, 11) is 0. The molecule has 2 aromatic carbocycles. The third-order valence-electron chi connectivity index (χ3n) is 3.86. The highest BCUT2D eigenvalue weighted by atomic mass is 16.4. The minimum Gasteiger partial charge on any atom is -0.481 e. The van der Waals surface area contributed by atoms with Gasteiger partial charge in [0.2, 0.25) is 0 Å². The van der Waals surface area contributed by atoms with Crippen molar-refractivity contribution in [2.45, 2.75) is 26.3 Å². The standard InChI is InChI=1S/C19H19NO2/c1-2-11-20-17-6-4-3-5-16(17)13-18(20)15-9-7-14(8-10-15)12-19(21)22/h3-10,13H,2,11-12H2,1H3,(H,21,22). The number of aromatic nitrogens is 1. The van der Waals surface area contributed by atoms with Crippen molar-refractivity contribution in [3.8, 4) is 11.3 Å². The van der Waals surface area contributed by atoms with E-state index in [0.717, 1.165) is 24.1 Å². The molecule has 112 valence electrons. The van der Waals surface area contributed by atoms with E-state index in [2.05, 4.69) is 41.8 Å². The second-order valence-corrected chi connectivity index (χ2v) is 5.51. The molecule has 0 amide bonds. The third kappa shape index (κ3) is 2.75. The van der Waals surface area contributed by atoms with Crippen LogP contribution in [0.15, 0.2) is 54.6 Å². The first-order valence-electron chi connectivity index (χ1n) is 7.58. The zero-order chi connectivity index (χ0) is 15.5. The van der Waals surface area contributed by atoms with Crippen LogP contribution in [0.1, 0.15) is 18.9 Å². The van der Waals surface area contributed by atoms with Gasteiger partial charge in [-0.15, -0.1) is 0 Å². The molecule has 0 atom stereocenters. The molecule has 0 fully saturated rings. The Morgan fingerprint density at radius 2 is 1.82 bits per heavy atom. The lowest BCUT2D eigenvalue weighted by atomic mass is 10.1. The van der Waals surface area contributed by atoms with E-state index in [1.54, 1.807) is 0 Å². The van der Waals surface area contributed by atoms with E-state index >= 15 is 0 Å². The minimum atomic E-state index is -0.798. The zero-order valence-corrected chi connectivity index (χ0v) is 12.6. The maximum absolute atomic E-state index is 10.8. The number of aryl methyl sites for hydroxylation is 1. The van der Waals surface area contributed by atoms with E-state index in [0.29, 0.717) is 0 Å². The van der Waals surface area contributed by atoms with Crippen molar-refractivity contribution in [2.24, 2.45) is 0 Å². The molecule has 1 aromatic heterocycles. The van der Waals surface area contributed by atoms with E-state index in [4.69, 9.17) is 5.11 Å². The summed E-state index contributed by atoms with van der Waals surface area (Å²) >= 11 is 0. The van der Waals surface area contributed by atoms with E-state index in [1.165, 1.54) is 16.6 Å². The Balaban J connectivity index is 2.05. The molecule has 0 spiro atoms. The number of para-hydroxylation sites is 1. The Labute approximate surface area is 129 Å². The lowest BCUT2D eigenvalue weighted by molar-refractivity contribution is -0.136. The van der Waals surface area contributed by atoms with E-state index in [1.807, 2.05) is 24.3 Å². The Morgan fingerprint density at radius 3 is 2.50 bits per heavy atom. The second-order valence-electron chi connectivity index (χ2n) is 5.51. The van der Waals surface area contributed by atoms with Crippen LogP contribution >= 0.6 is 0 Å². The number of carbonyl (C=O) groups is 1. The normalized spacial score (nSPS) is 11.0. The Hall–Kier alpha value is -2.55. The number of nitrogens with zero attached hydrogens (tertiary/aromatic N) is 1. The largest absolute Gasteiger partial charge is 0.481 e. The Kier molecular flexibility index (Phi) is 3.96. The van der Waals surface area contributed by atoms with Gasteiger partial charge in [0.15, 0.2) is 0 Å². The van der Waals surface area contributed by atoms with Crippen LogP contribution in [-0.4, -0.2) is 15.6 Å². The van der Waals surface area contributed by atoms with E-state index in [9.17, 15) is 4.79 Å². The fourth-order valence-corrected chi connectivity index (χ4v) is 2.88. The summed E-state index contributed by atoms with van der Waals surface area (Å²) in [6, 6.07) is 18.4. The molecule has 0 aliphatic carbocycles. The summed E-state index contributed by atoms with van der Waals surface area (Å²) < 4.78 is 2.33. The number of benzene rings is 2. The van der Waals surface area contributed by atoms with Gasteiger partial charge in [-0.1, -0.05) is 49.4 Å². The van der Waals surface area contributed by atoms with Crippen LogP contribution in [0.2, 0.25) is 0 Å². The van der Waals surface area contributed by atoms with Gasteiger partial charge >= 0.3 is 5.97 Å². The van der Waals surface area contributed by atoms with Gasteiger partial charge in [-0.3, -0.25) is 4.79 Å². The molecule has 3 nitrogen and oxygen atoms in total. The van der Waals surface area contributed by atoms with Crippen LogP contribution < -0.4 is 0 Å². The second kappa shape index (κ2) is 6.06. The summed E-state index contributed by atoms with van der Waals surface area (Å²) in [6.45, 7) is 3.15. The van der Waals surface area contributed by atoms with Crippen molar-refractivity contribution in [1.82, 2.24) is 4.57 Å². The number of hydrogen-bond acceptors (Lipinski definition) is 1. The van der Waals surface area contributed by atoms with Crippen molar-refractivity contribution < 1.29 is 9.90 Å². The number of fused-ring (bicyclic) bond motifs is 1. The lowest BCUT2D eigenvalue weighted by Crippen LogP contribution is -2.01. The van der Waals surface area contributed by atoms with Crippen LogP contribution in [-0.2, 0) is 17.8 Å². The SMILES string of the molecule is CCCn1c(-c2ccc(CC(=O)O)cc2)cc2ccccc21. The average Bonchev–Trinajstić information content (AvgIpc) is 2.87. The van der Waals surface area contributed by atoms with Gasteiger partial charge in [-0.2, -0.15) is 0 Å². The van der Waals surface area contributed by atoms with Crippen LogP contribution in [0, 0.1) is 0 Å². The molecule has 0 unspecified atom stereocenters. The highest BCUT2D eigenvalue weighted by Gasteiger charge is 2.10. The molecule has 0 aliphatic heterocycles. The lowest BCUT2D eigenvalue weighted by Gasteiger charge is -2.10. The highest BCUT2D eigenvalue weighted by molar-refractivity contribution is 5.87. The van der Waals surface area contributed by atoms with Crippen LogP contribution in [0.25, 0.3) is 22.2 Å². The predicted molar refractivity (Wildman–Crippen MR) is 89.0 cm³/mol. The number of aliphatic carboxylic acids is 1. The maximum atomic E-state index is 10.8. The van der Waals surface area contributed by atoms with Gasteiger partial charge < -0.3 is 9.67 Å². The number of rotatable bonds is 5. The van der Waals surface area contributed by atoms with Gasteiger partial charge in [0.05, 0.1) is 6.42 Å². The molecular weight excluding hydrogens is 274 g/mol. The first kappa shape index (κ1) is 14.4. The molecule has 0 bridgehead atoms. The monoisotopic (exact) mass is 293 g/mol. The topological polar surface area (TPSA) is 42.2 Å².